The van der Waals surface area contributed by atoms with Crippen molar-refractivity contribution < 1.29 is 0 Å². The summed E-state index contributed by atoms with van der Waals surface area (Å²) in [5.41, 5.74) is 7.70. The van der Waals surface area contributed by atoms with Crippen LogP contribution in [0.1, 0.15) is 56.7 Å². The van der Waals surface area contributed by atoms with Crippen molar-refractivity contribution in [2.75, 3.05) is 0 Å². The quantitative estimate of drug-likeness (QED) is 0.253. The number of benzene rings is 4. The van der Waals surface area contributed by atoms with Gasteiger partial charge in [-0.25, -0.2) is 0 Å². The molecule has 0 aromatic heterocycles. The third kappa shape index (κ3) is 3.58. The zero-order valence-electron chi connectivity index (χ0n) is 20.9. The van der Waals surface area contributed by atoms with Crippen molar-refractivity contribution in [3.63, 3.8) is 0 Å². The smallest absolute Gasteiger partial charge is 0.0651 e. The van der Waals surface area contributed by atoms with E-state index in [2.05, 4.69) is 112 Å². The van der Waals surface area contributed by atoms with Crippen LogP contribution < -0.4 is 20.7 Å². The third-order valence-electron chi connectivity index (χ3n) is 7.47. The zero-order chi connectivity index (χ0) is 23.5. The van der Waals surface area contributed by atoms with E-state index in [0.29, 0.717) is 0 Å². The molecule has 0 atom stereocenters. The molecule has 1 heterocycles. The first-order valence-corrected chi connectivity index (χ1v) is 15.2. The van der Waals surface area contributed by atoms with Crippen LogP contribution in [0, 0.1) is 0 Å². The molecule has 1 aliphatic heterocycles. The van der Waals surface area contributed by atoms with E-state index in [9.17, 15) is 0 Å². The fourth-order valence-corrected chi connectivity index (χ4v) is 11.8. The molecule has 1 aliphatic rings. The predicted molar refractivity (Wildman–Crippen MR) is 151 cm³/mol. The van der Waals surface area contributed by atoms with Gasteiger partial charge in [0.15, 0.2) is 8.07 Å². The van der Waals surface area contributed by atoms with Crippen LogP contribution in [0.3, 0.4) is 0 Å². The molecule has 0 nitrogen and oxygen atoms in total. The second-order valence-electron chi connectivity index (χ2n) is 9.75. The molecule has 0 bridgehead atoms. The van der Waals surface area contributed by atoms with Gasteiger partial charge in [0.25, 0.3) is 0 Å². The normalized spacial score (nSPS) is 13.5. The van der Waals surface area contributed by atoms with Crippen molar-refractivity contribution in [1.82, 2.24) is 0 Å². The molecule has 1 heteroatoms. The van der Waals surface area contributed by atoms with Crippen LogP contribution in [0.5, 0.6) is 0 Å². The van der Waals surface area contributed by atoms with E-state index >= 15 is 0 Å². The molecule has 0 N–H and O–H groups in total. The first kappa shape index (κ1) is 22.9. The summed E-state index contributed by atoms with van der Waals surface area (Å²) in [6.45, 7) is 6.94. The van der Waals surface area contributed by atoms with Gasteiger partial charge < -0.3 is 0 Å². The zero-order valence-corrected chi connectivity index (χ0v) is 21.9. The van der Waals surface area contributed by atoms with Crippen LogP contribution in [0.2, 0.25) is 0 Å². The molecule has 4 aromatic rings. The highest BCUT2D eigenvalue weighted by Gasteiger charge is 2.50. The van der Waals surface area contributed by atoms with Crippen molar-refractivity contribution in [3.05, 3.63) is 108 Å². The highest BCUT2D eigenvalue weighted by molar-refractivity contribution is 7.22. The molecule has 0 aliphatic carbocycles. The number of rotatable bonds is 8. The van der Waals surface area contributed by atoms with Crippen LogP contribution >= 0.6 is 0 Å². The van der Waals surface area contributed by atoms with E-state index in [1.54, 1.807) is 21.5 Å². The Kier molecular flexibility index (Phi) is 6.56. The maximum atomic E-state index is 2.57. The van der Waals surface area contributed by atoms with Crippen molar-refractivity contribution in [3.8, 4) is 11.1 Å². The Hall–Kier alpha value is -2.90. The number of hydrogen-bond donors (Lipinski definition) is 0. The van der Waals surface area contributed by atoms with E-state index in [1.165, 1.54) is 46.3 Å². The molecule has 4 aromatic carbocycles. The number of aryl methyl sites for hydroxylation is 3. The van der Waals surface area contributed by atoms with Crippen molar-refractivity contribution in [2.45, 2.75) is 59.3 Å². The summed E-state index contributed by atoms with van der Waals surface area (Å²) in [6.07, 6.45) is 6.97. The standard InChI is InChI=1S/C33H36Si/c1-4-14-25-23-27(16-6-3)33-30(24-25)32-26(15-5-2)17-13-22-31(32)34(33,28-18-9-7-10-19-28)29-20-11-8-12-21-29/h7-13,17-24H,4-6,14-16H2,1-3H3. The van der Waals surface area contributed by atoms with Crippen LogP contribution in [-0.4, -0.2) is 8.07 Å². The molecule has 0 spiro atoms. The van der Waals surface area contributed by atoms with Gasteiger partial charge in [-0.2, -0.15) is 0 Å². The molecule has 0 unspecified atom stereocenters. The van der Waals surface area contributed by atoms with Gasteiger partial charge in [0, 0.05) is 0 Å². The van der Waals surface area contributed by atoms with Gasteiger partial charge >= 0.3 is 0 Å². The molecular formula is C33H36Si. The summed E-state index contributed by atoms with van der Waals surface area (Å²) in [4.78, 5) is 0. The first-order chi connectivity index (χ1) is 16.7. The van der Waals surface area contributed by atoms with E-state index in [4.69, 9.17) is 0 Å². The Morgan fingerprint density at radius 3 is 1.74 bits per heavy atom. The Bertz CT molecular complexity index is 1230. The maximum Gasteiger partial charge on any atom is 0.181 e. The van der Waals surface area contributed by atoms with Gasteiger partial charge in [0.1, 0.15) is 0 Å². The van der Waals surface area contributed by atoms with Crippen LogP contribution in [0.25, 0.3) is 11.1 Å². The second-order valence-corrected chi connectivity index (χ2v) is 13.4. The SMILES string of the molecule is CCCc1cc(CCC)c2c(c1)-c1c(CCC)cccc1[Si]2(c1ccccc1)c1ccccc1. The minimum Gasteiger partial charge on any atom is -0.0651 e. The highest BCUT2D eigenvalue weighted by atomic mass is 28.3. The minimum atomic E-state index is -2.41. The van der Waals surface area contributed by atoms with Crippen LogP contribution in [0.4, 0.5) is 0 Å². The number of hydrogen-bond acceptors (Lipinski definition) is 0. The lowest BCUT2D eigenvalue weighted by Gasteiger charge is -2.33. The largest absolute Gasteiger partial charge is 0.181 e. The lowest BCUT2D eigenvalue weighted by molar-refractivity contribution is 0.899. The average Bonchev–Trinajstić information content (AvgIpc) is 3.18. The summed E-state index contributed by atoms with van der Waals surface area (Å²) in [6, 6.07) is 35.2. The van der Waals surface area contributed by atoms with Crippen molar-refractivity contribution >= 4 is 28.8 Å². The lowest BCUT2D eigenvalue weighted by atomic mass is 9.92. The Morgan fingerprint density at radius 2 is 1.15 bits per heavy atom. The lowest BCUT2D eigenvalue weighted by Crippen LogP contribution is -2.73. The monoisotopic (exact) mass is 460 g/mol. The second kappa shape index (κ2) is 9.76. The molecule has 0 fully saturated rings. The molecule has 0 saturated carbocycles. The van der Waals surface area contributed by atoms with Gasteiger partial charge in [-0.05, 0) is 67.8 Å². The van der Waals surface area contributed by atoms with E-state index in [0.717, 1.165) is 19.3 Å². The molecule has 172 valence electrons. The molecule has 0 radical (unpaired) electrons. The summed E-state index contributed by atoms with van der Waals surface area (Å²) >= 11 is 0. The van der Waals surface area contributed by atoms with Crippen molar-refractivity contribution in [2.24, 2.45) is 0 Å². The van der Waals surface area contributed by atoms with Gasteiger partial charge in [0.05, 0.1) is 0 Å². The molecular weight excluding hydrogens is 424 g/mol. The molecule has 34 heavy (non-hydrogen) atoms. The van der Waals surface area contributed by atoms with Gasteiger partial charge in [0.2, 0.25) is 0 Å². The maximum absolute atomic E-state index is 2.57. The summed E-state index contributed by atoms with van der Waals surface area (Å²) in [5, 5.41) is 6.27. The van der Waals surface area contributed by atoms with E-state index in [1.807, 2.05) is 0 Å². The molecule has 0 amide bonds. The number of fused-ring (bicyclic) bond motifs is 3. The topological polar surface area (TPSA) is 0 Å². The Labute approximate surface area is 206 Å². The fourth-order valence-electron chi connectivity index (χ4n) is 6.29. The Morgan fingerprint density at radius 1 is 0.559 bits per heavy atom. The Balaban J connectivity index is 1.98. The van der Waals surface area contributed by atoms with Gasteiger partial charge in [-0.15, -0.1) is 0 Å². The van der Waals surface area contributed by atoms with Gasteiger partial charge in [-0.1, -0.05) is 131 Å². The summed E-state index contributed by atoms with van der Waals surface area (Å²) in [7, 11) is -2.41. The fraction of sp³-hybridized carbons (Fsp3) is 0.273. The van der Waals surface area contributed by atoms with Crippen LogP contribution in [0.15, 0.2) is 91.0 Å². The predicted octanol–water partition coefficient (Wildman–Crippen LogP) is 5.90. The average molecular weight is 461 g/mol. The minimum absolute atomic E-state index is 1.14. The van der Waals surface area contributed by atoms with Gasteiger partial charge in [-0.3, -0.25) is 0 Å². The van der Waals surface area contributed by atoms with Crippen molar-refractivity contribution in [1.29, 1.82) is 0 Å². The summed E-state index contributed by atoms with van der Waals surface area (Å²) in [5.74, 6) is 0. The first-order valence-electron chi connectivity index (χ1n) is 13.2. The van der Waals surface area contributed by atoms with E-state index < -0.39 is 8.07 Å². The highest BCUT2D eigenvalue weighted by Crippen LogP contribution is 2.35. The third-order valence-corrected chi connectivity index (χ3v) is 12.4. The summed E-state index contributed by atoms with van der Waals surface area (Å²) < 4.78 is 0. The molecule has 5 rings (SSSR count). The molecule has 0 saturated heterocycles. The van der Waals surface area contributed by atoms with E-state index in [-0.39, 0.29) is 0 Å². The van der Waals surface area contributed by atoms with Crippen LogP contribution in [-0.2, 0) is 19.3 Å².